The summed E-state index contributed by atoms with van der Waals surface area (Å²) in [6.07, 6.45) is 1.79. The number of nitrogens with zero attached hydrogens (tertiary/aromatic N) is 2. The van der Waals surface area contributed by atoms with Gasteiger partial charge in [0.1, 0.15) is 10.1 Å². The number of thiocarbonyl (C=S) groups is 1. The minimum atomic E-state index is -0.435. The van der Waals surface area contributed by atoms with Crippen molar-refractivity contribution >= 4 is 40.1 Å². The highest BCUT2D eigenvalue weighted by Crippen LogP contribution is 2.30. The third kappa shape index (κ3) is 6.01. The summed E-state index contributed by atoms with van der Waals surface area (Å²) in [4.78, 5) is 30.5. The van der Waals surface area contributed by atoms with Crippen LogP contribution in [0.25, 0.3) is 0 Å². The Hall–Kier alpha value is -2.45. The quantitative estimate of drug-likeness (QED) is 0.644. The first-order valence-electron chi connectivity index (χ1n) is 9.39. The van der Waals surface area contributed by atoms with Gasteiger partial charge < -0.3 is 10.1 Å². The number of thioether (sulfide) groups is 1. The average molecular weight is 430 g/mol. The van der Waals surface area contributed by atoms with E-state index in [1.807, 2.05) is 50.2 Å². The first kappa shape index (κ1) is 21.3. The van der Waals surface area contributed by atoms with Crippen LogP contribution in [0.2, 0.25) is 0 Å². The van der Waals surface area contributed by atoms with E-state index >= 15 is 0 Å². The van der Waals surface area contributed by atoms with Gasteiger partial charge in [-0.15, -0.1) is 0 Å². The lowest BCUT2D eigenvalue weighted by Gasteiger charge is -2.17. The molecule has 2 heterocycles. The van der Waals surface area contributed by atoms with E-state index in [1.165, 1.54) is 11.8 Å². The van der Waals surface area contributed by atoms with Gasteiger partial charge in [0.2, 0.25) is 17.7 Å². The molecule has 1 atom stereocenters. The molecule has 1 fully saturated rings. The number of benzene rings is 1. The van der Waals surface area contributed by atoms with Gasteiger partial charge in [-0.1, -0.05) is 56.0 Å². The van der Waals surface area contributed by atoms with Crippen molar-refractivity contribution in [3.63, 3.8) is 0 Å². The lowest BCUT2D eigenvalue weighted by molar-refractivity contribution is -0.129. The number of aromatic nitrogens is 1. The second-order valence-corrected chi connectivity index (χ2v) is 8.95. The highest BCUT2D eigenvalue weighted by Gasteiger charge is 2.38. The Balaban J connectivity index is 1.47. The molecule has 1 aliphatic rings. The molecule has 1 saturated heterocycles. The van der Waals surface area contributed by atoms with Crippen LogP contribution >= 0.6 is 24.0 Å². The average Bonchev–Trinajstić information content (AvgIpc) is 2.95. The second-order valence-electron chi connectivity index (χ2n) is 7.11. The number of rotatable bonds is 8. The van der Waals surface area contributed by atoms with Crippen LogP contribution in [-0.4, -0.2) is 37.8 Å². The van der Waals surface area contributed by atoms with Crippen LogP contribution in [0.1, 0.15) is 25.8 Å². The highest BCUT2D eigenvalue weighted by atomic mass is 32.2. The predicted octanol–water partition coefficient (Wildman–Crippen LogP) is 3.77. The standard InChI is InChI=1S/C21H23N3O3S2/c1-14(2)13-24-20(26)17(29-21(24)28)11-18(25)23-12-15-6-8-16(9-7-15)27-19-5-3-4-10-22-19/h3-10,14,17H,11-13H2,1-2H3,(H,23,25). The molecule has 1 unspecified atom stereocenters. The van der Waals surface area contributed by atoms with Crippen molar-refractivity contribution in [1.82, 2.24) is 15.2 Å². The minimum absolute atomic E-state index is 0.0696. The largest absolute Gasteiger partial charge is 0.439 e. The summed E-state index contributed by atoms with van der Waals surface area (Å²) in [5.74, 6) is 1.29. The molecule has 0 radical (unpaired) electrons. The van der Waals surface area contributed by atoms with Crippen LogP contribution in [0.5, 0.6) is 11.6 Å². The van der Waals surface area contributed by atoms with E-state index in [-0.39, 0.29) is 18.2 Å². The zero-order valence-electron chi connectivity index (χ0n) is 16.3. The number of pyridine rings is 1. The van der Waals surface area contributed by atoms with Crippen molar-refractivity contribution in [1.29, 1.82) is 0 Å². The molecular formula is C21H23N3O3S2. The van der Waals surface area contributed by atoms with Crippen LogP contribution in [0, 0.1) is 5.92 Å². The number of carbonyl (C=O) groups is 2. The fourth-order valence-electron chi connectivity index (χ4n) is 2.80. The topological polar surface area (TPSA) is 71.5 Å². The Kier molecular flexibility index (Phi) is 7.22. The molecule has 6 nitrogen and oxygen atoms in total. The number of hydrogen-bond donors (Lipinski definition) is 1. The molecule has 0 saturated carbocycles. The van der Waals surface area contributed by atoms with Gasteiger partial charge in [0.15, 0.2) is 0 Å². The van der Waals surface area contributed by atoms with Gasteiger partial charge in [-0.25, -0.2) is 4.98 Å². The van der Waals surface area contributed by atoms with E-state index in [9.17, 15) is 9.59 Å². The molecule has 2 amide bonds. The van der Waals surface area contributed by atoms with Gasteiger partial charge in [0.25, 0.3) is 0 Å². The Bertz CT molecular complexity index is 872. The summed E-state index contributed by atoms with van der Waals surface area (Å²) < 4.78 is 6.21. The van der Waals surface area contributed by atoms with Gasteiger partial charge in [-0.05, 0) is 29.7 Å². The Morgan fingerprint density at radius 3 is 2.69 bits per heavy atom. The number of nitrogens with one attached hydrogen (secondary N) is 1. The molecule has 1 N–H and O–H groups in total. The molecule has 0 aliphatic carbocycles. The highest BCUT2D eigenvalue weighted by molar-refractivity contribution is 8.24. The molecule has 2 aromatic rings. The summed E-state index contributed by atoms with van der Waals surface area (Å²) in [5.41, 5.74) is 0.939. The number of hydrogen-bond acceptors (Lipinski definition) is 6. The smallest absolute Gasteiger partial charge is 0.242 e. The van der Waals surface area contributed by atoms with Gasteiger partial charge in [-0.2, -0.15) is 0 Å². The molecule has 0 bridgehead atoms. The van der Waals surface area contributed by atoms with E-state index in [1.54, 1.807) is 17.2 Å². The van der Waals surface area contributed by atoms with Crippen molar-refractivity contribution in [2.45, 2.75) is 32.1 Å². The molecule has 3 rings (SSSR count). The van der Waals surface area contributed by atoms with E-state index in [0.717, 1.165) is 5.56 Å². The van der Waals surface area contributed by atoms with E-state index in [0.29, 0.717) is 35.0 Å². The van der Waals surface area contributed by atoms with Gasteiger partial charge in [0.05, 0.1) is 5.25 Å². The minimum Gasteiger partial charge on any atom is -0.439 e. The zero-order chi connectivity index (χ0) is 20.8. The number of amides is 2. The van der Waals surface area contributed by atoms with Gasteiger partial charge in [-0.3, -0.25) is 14.5 Å². The van der Waals surface area contributed by atoms with Crippen molar-refractivity contribution < 1.29 is 14.3 Å². The maximum Gasteiger partial charge on any atom is 0.242 e. The molecule has 0 spiro atoms. The molecule has 152 valence electrons. The second kappa shape index (κ2) is 9.84. The molecule has 29 heavy (non-hydrogen) atoms. The summed E-state index contributed by atoms with van der Waals surface area (Å²) in [6.45, 7) is 5.05. The Morgan fingerprint density at radius 1 is 1.28 bits per heavy atom. The van der Waals surface area contributed by atoms with Crippen molar-refractivity contribution in [2.75, 3.05) is 6.54 Å². The van der Waals surface area contributed by atoms with E-state index in [4.69, 9.17) is 17.0 Å². The van der Waals surface area contributed by atoms with Crippen molar-refractivity contribution in [3.05, 3.63) is 54.2 Å². The monoisotopic (exact) mass is 429 g/mol. The summed E-state index contributed by atoms with van der Waals surface area (Å²) in [5, 5.41) is 2.43. The fraction of sp³-hybridized carbons (Fsp3) is 0.333. The molecular weight excluding hydrogens is 406 g/mol. The van der Waals surface area contributed by atoms with Crippen LogP contribution in [0.3, 0.4) is 0 Å². The van der Waals surface area contributed by atoms with Crippen molar-refractivity contribution in [2.24, 2.45) is 5.92 Å². The van der Waals surface area contributed by atoms with Gasteiger partial charge >= 0.3 is 0 Å². The number of ether oxygens (including phenoxy) is 1. The molecule has 1 aromatic heterocycles. The third-order valence-electron chi connectivity index (χ3n) is 4.20. The Labute approximate surface area is 180 Å². The maximum atomic E-state index is 12.5. The zero-order valence-corrected chi connectivity index (χ0v) is 18.0. The van der Waals surface area contributed by atoms with E-state index < -0.39 is 5.25 Å². The first-order chi connectivity index (χ1) is 13.9. The van der Waals surface area contributed by atoms with Crippen LogP contribution < -0.4 is 10.1 Å². The lowest BCUT2D eigenvalue weighted by Crippen LogP contribution is -2.36. The molecule has 1 aliphatic heterocycles. The maximum absolute atomic E-state index is 12.5. The van der Waals surface area contributed by atoms with Gasteiger partial charge in [0, 0.05) is 31.8 Å². The summed E-state index contributed by atoms with van der Waals surface area (Å²) in [7, 11) is 0. The predicted molar refractivity (Wildman–Crippen MR) is 118 cm³/mol. The number of carbonyl (C=O) groups excluding carboxylic acids is 2. The summed E-state index contributed by atoms with van der Waals surface area (Å²) >= 11 is 6.59. The van der Waals surface area contributed by atoms with Crippen molar-refractivity contribution in [3.8, 4) is 11.6 Å². The van der Waals surface area contributed by atoms with Crippen LogP contribution in [0.4, 0.5) is 0 Å². The Morgan fingerprint density at radius 2 is 2.03 bits per heavy atom. The van der Waals surface area contributed by atoms with Crippen LogP contribution in [-0.2, 0) is 16.1 Å². The van der Waals surface area contributed by atoms with Crippen LogP contribution in [0.15, 0.2) is 48.7 Å². The molecule has 8 heteroatoms. The normalized spacial score (nSPS) is 16.4. The first-order valence-corrected chi connectivity index (χ1v) is 10.7. The third-order valence-corrected chi connectivity index (χ3v) is 5.78. The lowest BCUT2D eigenvalue weighted by atomic mass is 10.2. The summed E-state index contributed by atoms with van der Waals surface area (Å²) in [6, 6.07) is 12.9. The van der Waals surface area contributed by atoms with E-state index in [2.05, 4.69) is 10.3 Å². The molecule has 1 aromatic carbocycles. The SMILES string of the molecule is CC(C)CN1C(=O)C(CC(=O)NCc2ccc(Oc3ccccn3)cc2)SC1=S. The fourth-order valence-corrected chi connectivity index (χ4v) is 4.31.